The molecule has 11 nitrogen and oxygen atoms in total. The third-order valence-corrected chi connectivity index (χ3v) is 8.29. The Morgan fingerprint density at radius 1 is 1.02 bits per heavy atom. The van der Waals surface area contributed by atoms with E-state index >= 15 is 0 Å². The molecule has 45 heavy (non-hydrogen) atoms. The summed E-state index contributed by atoms with van der Waals surface area (Å²) in [4.78, 5) is 22.8. The van der Waals surface area contributed by atoms with E-state index in [2.05, 4.69) is 39.6 Å². The monoisotopic (exact) mass is 639 g/mol. The van der Waals surface area contributed by atoms with Crippen LogP contribution in [0.1, 0.15) is 42.3 Å². The lowest BCUT2D eigenvalue weighted by atomic mass is 10.1. The highest BCUT2D eigenvalue weighted by Gasteiger charge is 2.35. The second-order valence-electron chi connectivity index (χ2n) is 11.2. The molecule has 0 amide bonds. The summed E-state index contributed by atoms with van der Waals surface area (Å²) in [5.74, 6) is 0.856. The number of nitrogens with one attached hydrogen (secondary N) is 1. The SMILES string of the molecule is FC(F)(F)c1nnc(-c2cc3nc(CN4CCC(Oc5ccnc(Cc6ccc(Cl)cc6)n5)CC4)n(CC4CCO4)c3cn2)[nH]1. The summed E-state index contributed by atoms with van der Waals surface area (Å²) < 4.78 is 53.2. The highest BCUT2D eigenvalue weighted by molar-refractivity contribution is 6.30. The fourth-order valence-corrected chi connectivity index (χ4v) is 5.66. The van der Waals surface area contributed by atoms with Crippen molar-refractivity contribution in [1.82, 2.24) is 44.6 Å². The Balaban J connectivity index is 1.02. The predicted molar refractivity (Wildman–Crippen MR) is 157 cm³/mol. The van der Waals surface area contributed by atoms with Gasteiger partial charge in [0.05, 0.1) is 36.4 Å². The van der Waals surface area contributed by atoms with Crippen LogP contribution in [-0.4, -0.2) is 76.5 Å². The lowest BCUT2D eigenvalue weighted by Gasteiger charge is -2.32. The first-order chi connectivity index (χ1) is 21.8. The summed E-state index contributed by atoms with van der Waals surface area (Å²) in [7, 11) is 0. The van der Waals surface area contributed by atoms with Crippen molar-refractivity contribution in [3.05, 3.63) is 76.9 Å². The first-order valence-electron chi connectivity index (χ1n) is 14.7. The zero-order chi connectivity index (χ0) is 31.0. The fourth-order valence-electron chi connectivity index (χ4n) is 5.54. The molecule has 5 aromatic rings. The van der Waals surface area contributed by atoms with Crippen LogP contribution in [0.2, 0.25) is 5.02 Å². The minimum absolute atomic E-state index is 0.0250. The molecule has 1 aromatic carbocycles. The Hall–Kier alpha value is -4.14. The fraction of sp³-hybridized carbons (Fsp3) is 0.400. The Kier molecular flexibility index (Phi) is 8.10. The molecule has 15 heteroatoms. The molecule has 2 aliphatic heterocycles. The van der Waals surface area contributed by atoms with Gasteiger partial charge in [-0.1, -0.05) is 23.7 Å². The number of rotatable bonds is 9. The van der Waals surface area contributed by atoms with Gasteiger partial charge in [-0.15, -0.1) is 10.2 Å². The van der Waals surface area contributed by atoms with Gasteiger partial charge in [0, 0.05) is 43.4 Å². The van der Waals surface area contributed by atoms with Gasteiger partial charge in [0.2, 0.25) is 11.7 Å². The van der Waals surface area contributed by atoms with Gasteiger partial charge in [-0.2, -0.15) is 18.2 Å². The van der Waals surface area contributed by atoms with Gasteiger partial charge in [-0.05, 0) is 43.0 Å². The van der Waals surface area contributed by atoms with Gasteiger partial charge >= 0.3 is 6.18 Å². The van der Waals surface area contributed by atoms with Crippen LogP contribution in [0.15, 0.2) is 48.8 Å². The molecule has 0 spiro atoms. The largest absolute Gasteiger partial charge is 0.474 e. The number of benzene rings is 1. The minimum Gasteiger partial charge on any atom is -0.474 e. The molecule has 2 aliphatic rings. The number of H-pyrrole nitrogens is 1. The average Bonchev–Trinajstić information content (AvgIpc) is 3.63. The molecule has 0 aliphatic carbocycles. The van der Waals surface area contributed by atoms with E-state index in [0.717, 1.165) is 55.9 Å². The number of likely N-dealkylation sites (tertiary alicyclic amines) is 1. The maximum absolute atomic E-state index is 13.0. The first-order valence-corrected chi connectivity index (χ1v) is 15.1. The molecule has 0 saturated carbocycles. The first kappa shape index (κ1) is 29.6. The van der Waals surface area contributed by atoms with E-state index in [1.807, 2.05) is 24.3 Å². The van der Waals surface area contributed by atoms with Crippen molar-refractivity contribution < 1.29 is 22.6 Å². The number of hydrogen-bond acceptors (Lipinski definition) is 9. The maximum atomic E-state index is 13.0. The zero-order valence-electron chi connectivity index (χ0n) is 24.0. The molecule has 0 bridgehead atoms. The number of aromatic nitrogens is 8. The van der Waals surface area contributed by atoms with Crippen LogP contribution in [0.4, 0.5) is 13.2 Å². The summed E-state index contributed by atoms with van der Waals surface area (Å²) in [5.41, 5.74) is 2.72. The number of nitrogens with zero attached hydrogens (tertiary/aromatic N) is 8. The summed E-state index contributed by atoms with van der Waals surface area (Å²) in [6, 6.07) is 11.0. The quantitative estimate of drug-likeness (QED) is 0.235. The van der Waals surface area contributed by atoms with Crippen LogP contribution in [-0.2, 0) is 30.4 Å². The van der Waals surface area contributed by atoms with E-state index in [9.17, 15) is 13.2 Å². The van der Waals surface area contributed by atoms with Gasteiger partial charge < -0.3 is 19.0 Å². The summed E-state index contributed by atoms with van der Waals surface area (Å²) >= 11 is 6.00. The molecular formula is C30H29ClF3N9O2. The smallest absolute Gasteiger partial charge is 0.451 e. The Morgan fingerprint density at radius 3 is 2.53 bits per heavy atom. The average molecular weight is 640 g/mol. The second-order valence-corrected chi connectivity index (χ2v) is 11.6. The highest BCUT2D eigenvalue weighted by Crippen LogP contribution is 2.29. The standard InChI is InChI=1S/C30H29ClF3N9O2/c31-19-3-1-18(2-4-19)13-25-35-9-5-27(38-25)45-20-6-10-42(11-7-20)17-26-37-22-14-23(28-39-29(41-40-28)30(32,33)34)36-15-24(22)43(26)16-21-8-12-44-21/h1-5,9,14-15,20-21H,6-8,10-13,16-17H2,(H,39,40,41). The zero-order valence-corrected chi connectivity index (χ0v) is 24.8. The van der Waals surface area contributed by atoms with E-state index in [4.69, 9.17) is 26.1 Å². The molecule has 2 fully saturated rings. The number of fused-ring (bicyclic) bond motifs is 1. The molecule has 1 unspecified atom stereocenters. The van der Waals surface area contributed by atoms with Crippen LogP contribution in [0.5, 0.6) is 5.88 Å². The number of halogens is 4. The second kappa shape index (κ2) is 12.3. The summed E-state index contributed by atoms with van der Waals surface area (Å²) in [5, 5.41) is 7.55. The lowest BCUT2D eigenvalue weighted by Crippen LogP contribution is -2.39. The third kappa shape index (κ3) is 6.77. The molecule has 1 atom stereocenters. The van der Waals surface area contributed by atoms with Crippen molar-refractivity contribution >= 4 is 22.6 Å². The Labute approximate surface area is 260 Å². The van der Waals surface area contributed by atoms with Crippen molar-refractivity contribution in [2.45, 2.75) is 57.2 Å². The molecule has 6 heterocycles. The number of aromatic amines is 1. The van der Waals surface area contributed by atoms with Crippen molar-refractivity contribution in [2.24, 2.45) is 0 Å². The summed E-state index contributed by atoms with van der Waals surface area (Å²) in [6.07, 6.45) is 2.01. The van der Waals surface area contributed by atoms with Crippen molar-refractivity contribution in [1.29, 1.82) is 0 Å². The number of imidazole rings is 1. The number of alkyl halides is 3. The van der Waals surface area contributed by atoms with Gasteiger partial charge in [-0.25, -0.2) is 9.97 Å². The molecule has 4 aromatic heterocycles. The van der Waals surface area contributed by atoms with Crippen molar-refractivity contribution in [2.75, 3.05) is 19.7 Å². The van der Waals surface area contributed by atoms with Gasteiger partial charge in [-0.3, -0.25) is 9.88 Å². The molecule has 1 N–H and O–H groups in total. The topological polar surface area (TPSA) is 120 Å². The molecule has 234 valence electrons. The van der Waals surface area contributed by atoms with Crippen LogP contribution < -0.4 is 4.74 Å². The molecule has 7 rings (SSSR count). The number of pyridine rings is 1. The van der Waals surface area contributed by atoms with E-state index in [1.165, 1.54) is 0 Å². The number of hydrogen-bond donors (Lipinski definition) is 1. The predicted octanol–water partition coefficient (Wildman–Crippen LogP) is 5.10. The van der Waals surface area contributed by atoms with Gasteiger partial charge in [0.1, 0.15) is 23.4 Å². The summed E-state index contributed by atoms with van der Waals surface area (Å²) in [6.45, 7) is 3.56. The van der Waals surface area contributed by atoms with Crippen LogP contribution in [0, 0.1) is 0 Å². The number of piperidine rings is 1. The van der Waals surface area contributed by atoms with E-state index in [1.54, 1.807) is 24.5 Å². The molecule has 0 radical (unpaired) electrons. The van der Waals surface area contributed by atoms with Gasteiger partial charge in [0.25, 0.3) is 0 Å². The van der Waals surface area contributed by atoms with E-state index < -0.39 is 12.0 Å². The maximum Gasteiger partial charge on any atom is 0.451 e. The van der Waals surface area contributed by atoms with Crippen molar-refractivity contribution in [3.63, 3.8) is 0 Å². The Morgan fingerprint density at radius 2 is 1.82 bits per heavy atom. The minimum atomic E-state index is -4.62. The molecule has 2 saturated heterocycles. The molecular weight excluding hydrogens is 611 g/mol. The van der Waals surface area contributed by atoms with E-state index in [0.29, 0.717) is 41.8 Å². The third-order valence-electron chi connectivity index (χ3n) is 8.03. The highest BCUT2D eigenvalue weighted by atomic mass is 35.5. The van der Waals surface area contributed by atoms with E-state index in [-0.39, 0.29) is 23.7 Å². The van der Waals surface area contributed by atoms with Gasteiger partial charge in [0.15, 0.2) is 5.82 Å². The lowest BCUT2D eigenvalue weighted by molar-refractivity contribution is -0.144. The van der Waals surface area contributed by atoms with Crippen LogP contribution in [0.25, 0.3) is 22.6 Å². The normalized spacial score (nSPS) is 17.9. The van der Waals surface area contributed by atoms with Crippen LogP contribution in [0.3, 0.4) is 0 Å². The number of ether oxygens (including phenoxy) is 2. The Bertz CT molecular complexity index is 1780. The van der Waals surface area contributed by atoms with Crippen molar-refractivity contribution in [3.8, 4) is 17.4 Å². The van der Waals surface area contributed by atoms with Crippen LogP contribution >= 0.6 is 11.6 Å².